The summed E-state index contributed by atoms with van der Waals surface area (Å²) in [6, 6.07) is 17.8. The molecular formula is C21H19ClN2O4S. The Bertz CT molecular complexity index is 1150. The van der Waals surface area contributed by atoms with Crippen molar-refractivity contribution in [1.29, 1.82) is 0 Å². The van der Waals surface area contributed by atoms with E-state index in [2.05, 4.69) is 10.0 Å². The van der Waals surface area contributed by atoms with Crippen LogP contribution in [0.1, 0.15) is 15.9 Å². The van der Waals surface area contributed by atoms with Crippen LogP contribution < -0.4 is 14.8 Å². The average molecular weight is 431 g/mol. The van der Waals surface area contributed by atoms with Crippen molar-refractivity contribution in [3.05, 3.63) is 82.9 Å². The third-order valence-corrected chi connectivity index (χ3v) is 5.85. The second-order valence-electron chi connectivity index (χ2n) is 6.25. The van der Waals surface area contributed by atoms with Gasteiger partial charge in [0.25, 0.3) is 15.9 Å². The summed E-state index contributed by atoms with van der Waals surface area (Å²) in [5.41, 5.74) is 2.00. The number of amides is 1. The second-order valence-corrected chi connectivity index (χ2v) is 8.33. The van der Waals surface area contributed by atoms with Crippen molar-refractivity contribution in [2.75, 3.05) is 17.1 Å². The summed E-state index contributed by atoms with van der Waals surface area (Å²) < 4.78 is 33.5. The SMILES string of the molecule is COc1ccc(NC(=O)c2ccccc2C)cc1S(=O)(=O)Nc1ccc(Cl)cc1. The van der Waals surface area contributed by atoms with Gasteiger partial charge in [-0.3, -0.25) is 9.52 Å². The number of halogens is 1. The lowest BCUT2D eigenvalue weighted by molar-refractivity contribution is 0.102. The molecule has 150 valence electrons. The van der Waals surface area contributed by atoms with Crippen LogP contribution in [0.2, 0.25) is 5.02 Å². The third-order valence-electron chi connectivity index (χ3n) is 4.20. The molecule has 1 amide bonds. The normalized spacial score (nSPS) is 11.0. The fraction of sp³-hybridized carbons (Fsp3) is 0.0952. The van der Waals surface area contributed by atoms with Crippen LogP contribution in [0.25, 0.3) is 0 Å². The molecule has 0 aromatic heterocycles. The van der Waals surface area contributed by atoms with E-state index in [9.17, 15) is 13.2 Å². The Balaban J connectivity index is 1.91. The summed E-state index contributed by atoms with van der Waals surface area (Å²) in [7, 11) is -2.59. The molecule has 3 rings (SSSR count). The highest BCUT2D eigenvalue weighted by atomic mass is 35.5. The summed E-state index contributed by atoms with van der Waals surface area (Å²) in [6.07, 6.45) is 0. The van der Waals surface area contributed by atoms with Crippen LogP contribution in [0.5, 0.6) is 5.75 Å². The van der Waals surface area contributed by atoms with E-state index >= 15 is 0 Å². The Kier molecular flexibility index (Phi) is 6.10. The monoisotopic (exact) mass is 430 g/mol. The molecule has 2 N–H and O–H groups in total. The number of hydrogen-bond donors (Lipinski definition) is 2. The number of carbonyl (C=O) groups excluding carboxylic acids is 1. The first-order chi connectivity index (χ1) is 13.8. The largest absolute Gasteiger partial charge is 0.495 e. The predicted octanol–water partition coefficient (Wildman–Crippen LogP) is 4.71. The van der Waals surface area contributed by atoms with Gasteiger partial charge in [-0.1, -0.05) is 29.8 Å². The molecule has 0 aliphatic heterocycles. The van der Waals surface area contributed by atoms with Crippen LogP contribution >= 0.6 is 11.6 Å². The molecule has 0 unspecified atom stereocenters. The van der Waals surface area contributed by atoms with E-state index in [4.69, 9.17) is 16.3 Å². The second kappa shape index (κ2) is 8.55. The molecule has 0 bridgehead atoms. The fourth-order valence-corrected chi connectivity index (χ4v) is 4.10. The van der Waals surface area contributed by atoms with Crippen molar-refractivity contribution in [3.8, 4) is 5.75 Å². The van der Waals surface area contributed by atoms with E-state index in [0.29, 0.717) is 22.0 Å². The van der Waals surface area contributed by atoms with E-state index in [0.717, 1.165) is 5.56 Å². The lowest BCUT2D eigenvalue weighted by atomic mass is 10.1. The Labute approximate surface area is 174 Å². The van der Waals surface area contributed by atoms with E-state index in [1.807, 2.05) is 19.1 Å². The molecule has 0 aliphatic rings. The fourth-order valence-electron chi connectivity index (χ4n) is 2.72. The first-order valence-electron chi connectivity index (χ1n) is 8.63. The maximum atomic E-state index is 12.9. The van der Waals surface area contributed by atoms with Gasteiger partial charge in [0.2, 0.25) is 0 Å². The quantitative estimate of drug-likeness (QED) is 0.593. The average Bonchev–Trinajstić information content (AvgIpc) is 2.70. The van der Waals surface area contributed by atoms with Crippen molar-refractivity contribution in [2.45, 2.75) is 11.8 Å². The minimum absolute atomic E-state index is 0.0995. The van der Waals surface area contributed by atoms with Crippen LogP contribution in [-0.2, 0) is 10.0 Å². The molecule has 3 aromatic carbocycles. The molecule has 0 spiro atoms. The number of methoxy groups -OCH3 is 1. The smallest absolute Gasteiger partial charge is 0.265 e. The van der Waals surface area contributed by atoms with Gasteiger partial charge in [0, 0.05) is 22.0 Å². The Morgan fingerprint density at radius 2 is 1.62 bits per heavy atom. The lowest BCUT2D eigenvalue weighted by Gasteiger charge is -2.14. The van der Waals surface area contributed by atoms with E-state index in [1.165, 1.54) is 19.2 Å². The van der Waals surface area contributed by atoms with Crippen molar-refractivity contribution in [2.24, 2.45) is 0 Å². The Morgan fingerprint density at radius 1 is 0.966 bits per heavy atom. The summed E-state index contributed by atoms with van der Waals surface area (Å²) in [5.74, 6) is -0.178. The van der Waals surface area contributed by atoms with Crippen molar-refractivity contribution < 1.29 is 17.9 Å². The number of sulfonamides is 1. The van der Waals surface area contributed by atoms with Gasteiger partial charge in [0.05, 0.1) is 7.11 Å². The van der Waals surface area contributed by atoms with Gasteiger partial charge in [-0.25, -0.2) is 8.42 Å². The molecule has 8 heteroatoms. The van der Waals surface area contributed by atoms with Crippen LogP contribution in [0, 0.1) is 6.92 Å². The number of rotatable bonds is 6. The highest BCUT2D eigenvalue weighted by Crippen LogP contribution is 2.29. The number of carbonyl (C=O) groups is 1. The van der Waals surface area contributed by atoms with Gasteiger partial charge in [-0.05, 0) is 61.0 Å². The van der Waals surface area contributed by atoms with E-state index < -0.39 is 10.0 Å². The van der Waals surface area contributed by atoms with E-state index in [1.54, 1.807) is 42.5 Å². The number of anilines is 2. The zero-order valence-electron chi connectivity index (χ0n) is 15.8. The van der Waals surface area contributed by atoms with Crippen molar-refractivity contribution in [3.63, 3.8) is 0 Å². The number of ether oxygens (including phenoxy) is 1. The van der Waals surface area contributed by atoms with Crippen LogP contribution in [-0.4, -0.2) is 21.4 Å². The summed E-state index contributed by atoms with van der Waals surface area (Å²) in [5, 5.41) is 3.22. The molecule has 3 aromatic rings. The molecule has 0 heterocycles. The Hall–Kier alpha value is -3.03. The van der Waals surface area contributed by atoms with Gasteiger partial charge >= 0.3 is 0 Å². The number of hydrogen-bond acceptors (Lipinski definition) is 4. The first-order valence-corrected chi connectivity index (χ1v) is 10.5. The first kappa shape index (κ1) is 20.7. The van der Waals surface area contributed by atoms with Gasteiger partial charge in [-0.2, -0.15) is 0 Å². The lowest BCUT2D eigenvalue weighted by Crippen LogP contribution is -2.16. The highest BCUT2D eigenvalue weighted by molar-refractivity contribution is 7.92. The van der Waals surface area contributed by atoms with Gasteiger partial charge in [0.15, 0.2) is 0 Å². The molecule has 0 saturated heterocycles. The summed E-state index contributed by atoms with van der Waals surface area (Å²) >= 11 is 5.84. The topological polar surface area (TPSA) is 84.5 Å². The molecule has 0 radical (unpaired) electrons. The molecule has 0 atom stereocenters. The van der Waals surface area contributed by atoms with Crippen LogP contribution in [0.4, 0.5) is 11.4 Å². The molecule has 0 aliphatic carbocycles. The molecule has 6 nitrogen and oxygen atoms in total. The van der Waals surface area contributed by atoms with Crippen LogP contribution in [0.3, 0.4) is 0 Å². The van der Waals surface area contributed by atoms with Crippen molar-refractivity contribution in [1.82, 2.24) is 0 Å². The number of nitrogens with one attached hydrogen (secondary N) is 2. The molecule has 0 fully saturated rings. The third kappa shape index (κ3) is 4.88. The van der Waals surface area contributed by atoms with Gasteiger partial charge in [-0.15, -0.1) is 0 Å². The van der Waals surface area contributed by atoms with Gasteiger partial charge < -0.3 is 10.1 Å². The van der Waals surface area contributed by atoms with Crippen LogP contribution in [0.15, 0.2) is 71.6 Å². The maximum Gasteiger partial charge on any atom is 0.265 e. The standard InChI is InChI=1S/C21H19ClN2O4S/c1-14-5-3-4-6-18(14)21(25)23-17-11-12-19(28-2)20(13-17)29(26,27)24-16-9-7-15(22)8-10-16/h3-13,24H,1-2H3,(H,23,25). The minimum Gasteiger partial charge on any atom is -0.495 e. The predicted molar refractivity (Wildman–Crippen MR) is 114 cm³/mol. The molecule has 0 saturated carbocycles. The number of aryl methyl sites for hydroxylation is 1. The highest BCUT2D eigenvalue weighted by Gasteiger charge is 2.21. The zero-order chi connectivity index (χ0) is 21.0. The van der Waals surface area contributed by atoms with Gasteiger partial charge in [0.1, 0.15) is 10.6 Å². The Morgan fingerprint density at radius 3 is 2.28 bits per heavy atom. The van der Waals surface area contributed by atoms with E-state index in [-0.39, 0.29) is 16.6 Å². The number of benzene rings is 3. The minimum atomic E-state index is -3.97. The van der Waals surface area contributed by atoms with Crippen molar-refractivity contribution >= 4 is 38.9 Å². The molecule has 29 heavy (non-hydrogen) atoms. The molecular weight excluding hydrogens is 412 g/mol. The summed E-state index contributed by atoms with van der Waals surface area (Å²) in [6.45, 7) is 1.83. The summed E-state index contributed by atoms with van der Waals surface area (Å²) in [4.78, 5) is 12.5. The maximum absolute atomic E-state index is 12.9. The zero-order valence-corrected chi connectivity index (χ0v) is 17.3.